The Morgan fingerprint density at radius 3 is 2.50 bits per heavy atom. The standard InChI is InChI=1S/C18H25GeN/c1-14(2)11-16-12-18(15-9-7-6-8-10-15)20-13-17(16)19(3,4)5/h6-10,12-14H,11H2,1-5H3/i1D3,2D3,14D. The van der Waals surface area contributed by atoms with Gasteiger partial charge in [0.2, 0.25) is 0 Å². The van der Waals surface area contributed by atoms with Gasteiger partial charge in [0.1, 0.15) is 0 Å². The van der Waals surface area contributed by atoms with Crippen molar-refractivity contribution in [2.75, 3.05) is 0 Å². The topological polar surface area (TPSA) is 12.9 Å². The van der Waals surface area contributed by atoms with Crippen LogP contribution in [0.25, 0.3) is 11.3 Å². The van der Waals surface area contributed by atoms with Gasteiger partial charge in [0.05, 0.1) is 0 Å². The predicted molar refractivity (Wildman–Crippen MR) is 91.2 cm³/mol. The summed E-state index contributed by atoms with van der Waals surface area (Å²) in [6.07, 6.45) is 1.39. The minimum atomic E-state index is -2.93. The second kappa shape index (κ2) is 6.13. The van der Waals surface area contributed by atoms with Gasteiger partial charge in [0.25, 0.3) is 0 Å². The quantitative estimate of drug-likeness (QED) is 0.750. The summed E-state index contributed by atoms with van der Waals surface area (Å²) in [5.41, 5.74) is 2.13. The van der Waals surface area contributed by atoms with Gasteiger partial charge in [-0.15, -0.1) is 0 Å². The van der Waals surface area contributed by atoms with Crippen molar-refractivity contribution in [3.63, 3.8) is 0 Å². The van der Waals surface area contributed by atoms with Gasteiger partial charge in [-0.1, -0.05) is 0 Å². The average molecular weight is 335 g/mol. The Hall–Kier alpha value is -1.09. The van der Waals surface area contributed by atoms with Crippen molar-refractivity contribution in [3.05, 3.63) is 48.2 Å². The van der Waals surface area contributed by atoms with E-state index in [1.165, 1.54) is 0 Å². The number of benzene rings is 1. The molecule has 2 rings (SSSR count). The van der Waals surface area contributed by atoms with Crippen molar-refractivity contribution in [2.24, 2.45) is 5.89 Å². The van der Waals surface area contributed by atoms with Crippen molar-refractivity contribution < 1.29 is 9.60 Å². The normalized spacial score (nSPS) is 18.9. The summed E-state index contributed by atoms with van der Waals surface area (Å²) in [6.45, 7) is -5.87. The first-order chi connectivity index (χ1) is 12.2. The third kappa shape index (κ3) is 3.72. The molecule has 0 radical (unpaired) electrons. The molecular weight excluding hydrogens is 303 g/mol. The molecule has 0 N–H and O–H groups in total. The van der Waals surface area contributed by atoms with Crippen molar-refractivity contribution in [1.29, 1.82) is 0 Å². The van der Waals surface area contributed by atoms with Gasteiger partial charge >= 0.3 is 135 Å². The van der Waals surface area contributed by atoms with Crippen LogP contribution in [0.2, 0.25) is 17.3 Å². The number of aromatic nitrogens is 1. The van der Waals surface area contributed by atoms with E-state index in [-0.39, 0.29) is 6.42 Å². The van der Waals surface area contributed by atoms with E-state index in [0.717, 1.165) is 9.96 Å². The molecular formula is C18H25GeN. The van der Waals surface area contributed by atoms with Crippen LogP contribution in [0.4, 0.5) is 0 Å². The maximum absolute atomic E-state index is 8.41. The number of nitrogens with zero attached hydrogens (tertiary/aromatic N) is 1. The summed E-state index contributed by atoms with van der Waals surface area (Å²) in [4.78, 5) is 4.53. The van der Waals surface area contributed by atoms with E-state index < -0.39 is 32.9 Å². The number of rotatable bonds is 4. The summed E-state index contributed by atoms with van der Waals surface area (Å²) >= 11 is -2.48. The van der Waals surface area contributed by atoms with Crippen LogP contribution in [0.5, 0.6) is 0 Å². The van der Waals surface area contributed by atoms with E-state index in [0.29, 0.717) is 11.3 Å². The second-order valence-electron chi connectivity index (χ2n) is 6.00. The van der Waals surface area contributed by atoms with Crippen LogP contribution < -0.4 is 4.40 Å². The van der Waals surface area contributed by atoms with Gasteiger partial charge < -0.3 is 0 Å². The van der Waals surface area contributed by atoms with Crippen LogP contribution in [-0.4, -0.2) is 18.3 Å². The van der Waals surface area contributed by atoms with Crippen LogP contribution in [0, 0.1) is 5.89 Å². The molecule has 0 bridgehead atoms. The van der Waals surface area contributed by atoms with Gasteiger partial charge in [-0.25, -0.2) is 0 Å². The maximum atomic E-state index is 8.41. The van der Waals surface area contributed by atoms with E-state index in [4.69, 9.17) is 9.60 Å². The number of hydrogen-bond donors (Lipinski definition) is 0. The Morgan fingerprint density at radius 1 is 1.20 bits per heavy atom. The Labute approximate surface area is 135 Å². The van der Waals surface area contributed by atoms with Crippen molar-refractivity contribution in [3.8, 4) is 11.3 Å². The van der Waals surface area contributed by atoms with E-state index >= 15 is 0 Å². The minimum absolute atomic E-state index is 0.361. The van der Waals surface area contributed by atoms with Gasteiger partial charge in [-0.2, -0.15) is 0 Å². The van der Waals surface area contributed by atoms with Crippen LogP contribution in [0.3, 0.4) is 0 Å². The Kier molecular flexibility index (Phi) is 2.57. The summed E-state index contributed by atoms with van der Waals surface area (Å²) in [5, 5.41) is 0. The fourth-order valence-electron chi connectivity index (χ4n) is 2.28. The van der Waals surface area contributed by atoms with Crippen LogP contribution in [-0.2, 0) is 6.42 Å². The van der Waals surface area contributed by atoms with Gasteiger partial charge in [-0.05, 0) is 0 Å². The molecule has 106 valence electrons. The Bertz CT molecular complexity index is 778. The zero-order valence-electron chi connectivity index (χ0n) is 19.2. The molecule has 0 saturated heterocycles. The molecule has 1 heterocycles. The third-order valence-corrected chi connectivity index (χ3v) is 7.57. The summed E-state index contributed by atoms with van der Waals surface area (Å²) in [6, 6.07) is 11.2. The van der Waals surface area contributed by atoms with Crippen molar-refractivity contribution in [1.82, 2.24) is 4.98 Å². The predicted octanol–water partition coefficient (Wildman–Crippen LogP) is 4.49. The summed E-state index contributed by atoms with van der Waals surface area (Å²) in [7, 11) is 0. The van der Waals surface area contributed by atoms with Crippen LogP contribution in [0.15, 0.2) is 42.6 Å². The molecule has 20 heavy (non-hydrogen) atoms. The van der Waals surface area contributed by atoms with E-state index in [9.17, 15) is 0 Å². The molecule has 0 saturated carbocycles. The van der Waals surface area contributed by atoms with Gasteiger partial charge in [-0.3, -0.25) is 0 Å². The van der Waals surface area contributed by atoms with E-state index in [2.05, 4.69) is 22.3 Å². The summed E-state index contributed by atoms with van der Waals surface area (Å²) in [5.74, 6) is 3.84. The van der Waals surface area contributed by atoms with E-state index in [1.807, 2.05) is 30.3 Å². The molecule has 0 atom stereocenters. The van der Waals surface area contributed by atoms with Crippen LogP contribution >= 0.6 is 0 Å². The molecule has 1 aromatic carbocycles. The molecule has 0 aliphatic carbocycles. The second-order valence-corrected chi connectivity index (χ2v) is 16.6. The van der Waals surface area contributed by atoms with Crippen molar-refractivity contribution in [2.45, 2.75) is 37.4 Å². The molecule has 1 nitrogen and oxygen atoms in total. The average Bonchev–Trinajstić information content (AvgIpc) is 2.52. The van der Waals surface area contributed by atoms with Gasteiger partial charge in [0, 0.05) is 0 Å². The molecule has 0 fully saturated rings. The summed E-state index contributed by atoms with van der Waals surface area (Å²) < 4.78 is 55.7. The molecule has 2 heteroatoms. The SMILES string of the molecule is [2H]C([2H])([2H])C([2H])(Cc1cc(-c2ccccc2)nc[c]1[Ge]([CH3])([CH3])[CH3])C([2H])([2H])[2H]. The van der Waals surface area contributed by atoms with Crippen molar-refractivity contribution >= 4 is 17.7 Å². The fraction of sp³-hybridized carbons (Fsp3) is 0.389. The first kappa shape index (κ1) is 8.38. The molecule has 0 aliphatic heterocycles. The number of pyridine rings is 1. The molecule has 2 aromatic rings. The van der Waals surface area contributed by atoms with Crippen LogP contribution in [0.1, 0.15) is 28.9 Å². The first-order valence-electron chi connectivity index (χ1n) is 10.2. The Balaban J connectivity index is 2.65. The molecule has 1 aromatic heterocycles. The molecule has 0 amide bonds. The zero-order valence-corrected chi connectivity index (χ0v) is 14.3. The molecule has 0 aliphatic rings. The fourth-order valence-corrected chi connectivity index (χ4v) is 5.58. The zero-order chi connectivity index (χ0) is 20.7. The number of hydrogen-bond acceptors (Lipinski definition) is 1. The first-order valence-corrected chi connectivity index (χ1v) is 14.1. The molecule has 0 unspecified atom stereocenters. The monoisotopic (exact) mass is 336 g/mol. The molecule has 0 spiro atoms. The van der Waals surface area contributed by atoms with E-state index in [1.54, 1.807) is 12.3 Å². The van der Waals surface area contributed by atoms with Gasteiger partial charge in [0.15, 0.2) is 0 Å². The Morgan fingerprint density at radius 2 is 1.90 bits per heavy atom. The third-order valence-electron chi connectivity index (χ3n) is 3.23.